The van der Waals surface area contributed by atoms with Crippen LogP contribution in [0.5, 0.6) is 0 Å². The number of sulfonamides is 1. The van der Waals surface area contributed by atoms with Crippen LogP contribution in [0.25, 0.3) is 0 Å². The highest BCUT2D eigenvalue weighted by molar-refractivity contribution is 9.10. The number of allylic oxidation sites excluding steroid dienone is 2. The lowest BCUT2D eigenvalue weighted by molar-refractivity contribution is -0.137. The third-order valence-electron chi connectivity index (χ3n) is 6.33. The molecule has 0 aromatic heterocycles. The van der Waals surface area contributed by atoms with Crippen LogP contribution < -0.4 is 10.0 Å². The first-order valence-corrected chi connectivity index (χ1v) is 12.9. The number of anilines is 2. The molecule has 0 saturated carbocycles. The number of nitrogens with one attached hydrogen (secondary N) is 2. The Balaban J connectivity index is 1.47. The average molecular weight is 549 g/mol. The molecule has 3 aromatic rings. The number of benzene rings is 3. The van der Waals surface area contributed by atoms with Crippen LogP contribution in [0.3, 0.4) is 0 Å². The zero-order chi connectivity index (χ0) is 24.1. The van der Waals surface area contributed by atoms with E-state index in [9.17, 15) is 21.6 Å². The van der Waals surface area contributed by atoms with Gasteiger partial charge in [0, 0.05) is 21.8 Å². The van der Waals surface area contributed by atoms with Gasteiger partial charge in [0.05, 0.1) is 16.5 Å². The summed E-state index contributed by atoms with van der Waals surface area (Å²) in [4.78, 5) is 0.00357. The zero-order valence-corrected chi connectivity index (χ0v) is 20.1. The van der Waals surface area contributed by atoms with Crippen molar-refractivity contribution in [1.82, 2.24) is 0 Å². The molecular weight excluding hydrogens is 529 g/mol. The van der Waals surface area contributed by atoms with Crippen molar-refractivity contribution in [3.63, 3.8) is 0 Å². The molecule has 3 aromatic carbocycles. The molecule has 0 radical (unpaired) electrons. The Hall–Kier alpha value is -2.78. The predicted molar refractivity (Wildman–Crippen MR) is 129 cm³/mol. The number of fused-ring (bicyclic) bond motifs is 3. The van der Waals surface area contributed by atoms with Gasteiger partial charge in [-0.2, -0.15) is 13.2 Å². The lowest BCUT2D eigenvalue weighted by Crippen LogP contribution is -2.29. The maximum Gasteiger partial charge on any atom is 0.416 e. The number of hydrogen-bond donors (Lipinski definition) is 2. The molecule has 176 valence electrons. The lowest BCUT2D eigenvalue weighted by atomic mass is 9.77. The first-order valence-electron chi connectivity index (χ1n) is 10.7. The Labute approximate surface area is 204 Å². The summed E-state index contributed by atoms with van der Waals surface area (Å²) in [5.74, 6) is 0.234. The molecule has 4 nitrogen and oxygen atoms in total. The second-order valence-corrected chi connectivity index (χ2v) is 11.0. The molecule has 0 amide bonds. The molecule has 0 saturated heterocycles. The molecule has 34 heavy (non-hydrogen) atoms. The molecule has 5 rings (SSSR count). The van der Waals surface area contributed by atoms with Gasteiger partial charge in [0.2, 0.25) is 0 Å². The summed E-state index contributed by atoms with van der Waals surface area (Å²) in [6.45, 7) is 0. The third kappa shape index (κ3) is 4.22. The minimum Gasteiger partial charge on any atom is -0.378 e. The van der Waals surface area contributed by atoms with Crippen LogP contribution in [0.2, 0.25) is 0 Å². The molecule has 3 atom stereocenters. The normalized spacial score (nSPS) is 21.5. The Kier molecular flexibility index (Phi) is 5.72. The van der Waals surface area contributed by atoms with Crippen LogP contribution in [-0.4, -0.2) is 8.42 Å². The highest BCUT2D eigenvalue weighted by Crippen LogP contribution is 2.51. The fourth-order valence-corrected chi connectivity index (χ4v) is 6.36. The van der Waals surface area contributed by atoms with Crippen LogP contribution in [-0.2, 0) is 16.2 Å². The monoisotopic (exact) mass is 548 g/mol. The van der Waals surface area contributed by atoms with Gasteiger partial charge in [-0.15, -0.1) is 0 Å². The van der Waals surface area contributed by atoms with Crippen molar-refractivity contribution in [3.05, 3.63) is 100 Å². The van der Waals surface area contributed by atoms with Gasteiger partial charge in [0.25, 0.3) is 10.0 Å². The van der Waals surface area contributed by atoms with Crippen LogP contribution in [0.4, 0.5) is 24.5 Å². The zero-order valence-electron chi connectivity index (χ0n) is 17.7. The molecule has 0 unspecified atom stereocenters. The van der Waals surface area contributed by atoms with E-state index in [4.69, 9.17) is 0 Å². The van der Waals surface area contributed by atoms with E-state index in [-0.39, 0.29) is 28.5 Å². The molecule has 1 heterocycles. The fourth-order valence-electron chi connectivity index (χ4n) is 4.75. The predicted octanol–water partition coefficient (Wildman–Crippen LogP) is 7.10. The van der Waals surface area contributed by atoms with E-state index in [1.165, 1.54) is 18.2 Å². The molecule has 0 spiro atoms. The SMILES string of the molecule is O=S(=O)(Nc1cccc(C(F)(F)F)c1)c1ccc2c(c1)[C@@H]1C=CC[C@@H]1[C@@H](c1ccccc1Br)N2. The van der Waals surface area contributed by atoms with Gasteiger partial charge in [-0.05, 0) is 65.9 Å². The first-order chi connectivity index (χ1) is 16.1. The van der Waals surface area contributed by atoms with Gasteiger partial charge in [0.1, 0.15) is 0 Å². The summed E-state index contributed by atoms with van der Waals surface area (Å²) in [5, 5.41) is 3.57. The Morgan fingerprint density at radius 1 is 0.971 bits per heavy atom. The van der Waals surface area contributed by atoms with Gasteiger partial charge in [-0.3, -0.25) is 4.72 Å². The van der Waals surface area contributed by atoms with E-state index >= 15 is 0 Å². The summed E-state index contributed by atoms with van der Waals surface area (Å²) < 4.78 is 68.4. The van der Waals surface area contributed by atoms with Crippen molar-refractivity contribution in [3.8, 4) is 0 Å². The van der Waals surface area contributed by atoms with Crippen molar-refractivity contribution >= 4 is 37.3 Å². The minimum atomic E-state index is -4.56. The Bertz CT molecular complexity index is 1390. The number of alkyl halides is 3. The van der Waals surface area contributed by atoms with E-state index in [1.807, 2.05) is 18.2 Å². The van der Waals surface area contributed by atoms with Crippen LogP contribution in [0.15, 0.2) is 88.3 Å². The second kappa shape index (κ2) is 8.46. The Morgan fingerprint density at radius 3 is 2.53 bits per heavy atom. The van der Waals surface area contributed by atoms with Gasteiger partial charge in [-0.1, -0.05) is 52.3 Å². The van der Waals surface area contributed by atoms with Crippen molar-refractivity contribution in [1.29, 1.82) is 0 Å². The van der Waals surface area contributed by atoms with Crippen LogP contribution >= 0.6 is 15.9 Å². The second-order valence-electron chi connectivity index (χ2n) is 8.43. The molecule has 2 aliphatic rings. The quantitative estimate of drug-likeness (QED) is 0.342. The molecular formula is C25H20BrF3N2O2S. The molecule has 0 fully saturated rings. The van der Waals surface area contributed by atoms with Crippen LogP contribution in [0, 0.1) is 5.92 Å². The number of hydrogen-bond acceptors (Lipinski definition) is 3. The molecule has 2 N–H and O–H groups in total. The van der Waals surface area contributed by atoms with Crippen molar-refractivity contribution in [2.75, 3.05) is 10.0 Å². The minimum absolute atomic E-state index is 0.00357. The standard InChI is InChI=1S/C25H20BrF3N2O2S/c26-22-10-2-1-7-20(22)24-19-9-4-8-18(19)21-14-17(11-12-23(21)30-24)34(32,33)31-16-6-3-5-15(13-16)25(27,28)29/h1-8,10-14,18-19,24,30-31H,9H2/t18-,19+,24+/m1/s1. The first kappa shape index (κ1) is 23.0. The maximum absolute atomic E-state index is 13.0. The highest BCUT2D eigenvalue weighted by atomic mass is 79.9. The fraction of sp³-hybridized carbons (Fsp3) is 0.200. The van der Waals surface area contributed by atoms with Gasteiger partial charge >= 0.3 is 6.18 Å². The van der Waals surface area contributed by atoms with E-state index in [1.54, 1.807) is 12.1 Å². The lowest BCUT2D eigenvalue weighted by Gasteiger charge is -2.38. The molecule has 1 aliphatic carbocycles. The van der Waals surface area contributed by atoms with Gasteiger partial charge in [-0.25, -0.2) is 8.42 Å². The van der Waals surface area contributed by atoms with Gasteiger partial charge in [0.15, 0.2) is 0 Å². The summed E-state index contributed by atoms with van der Waals surface area (Å²) in [5.41, 5.74) is 1.77. The van der Waals surface area contributed by atoms with Crippen LogP contribution in [0.1, 0.15) is 35.1 Å². The van der Waals surface area contributed by atoms with E-state index in [0.29, 0.717) is 0 Å². The van der Waals surface area contributed by atoms with E-state index < -0.39 is 21.8 Å². The summed E-state index contributed by atoms with van der Waals surface area (Å²) >= 11 is 3.64. The van der Waals surface area contributed by atoms with Crippen molar-refractivity contribution in [2.45, 2.75) is 29.5 Å². The number of rotatable bonds is 4. The van der Waals surface area contributed by atoms with E-state index in [2.05, 4.69) is 44.2 Å². The van der Waals surface area contributed by atoms with Gasteiger partial charge < -0.3 is 5.32 Å². The highest BCUT2D eigenvalue weighted by Gasteiger charge is 2.39. The molecule has 0 bridgehead atoms. The third-order valence-corrected chi connectivity index (χ3v) is 8.43. The summed E-state index contributed by atoms with van der Waals surface area (Å²) in [6.07, 6.45) is 0.498. The number of halogens is 4. The average Bonchev–Trinajstić information content (AvgIpc) is 3.28. The van der Waals surface area contributed by atoms with Crippen molar-refractivity contribution in [2.24, 2.45) is 5.92 Å². The maximum atomic E-state index is 13.0. The topological polar surface area (TPSA) is 58.2 Å². The molecule has 1 aliphatic heterocycles. The largest absolute Gasteiger partial charge is 0.416 e. The smallest absolute Gasteiger partial charge is 0.378 e. The Morgan fingerprint density at radius 2 is 1.76 bits per heavy atom. The summed E-state index contributed by atoms with van der Waals surface area (Å²) in [7, 11) is -4.09. The summed E-state index contributed by atoms with van der Waals surface area (Å²) in [6, 6.07) is 17.0. The van der Waals surface area contributed by atoms with E-state index in [0.717, 1.165) is 39.8 Å². The van der Waals surface area contributed by atoms with Crippen molar-refractivity contribution < 1.29 is 21.6 Å². The molecule has 9 heteroatoms.